The van der Waals surface area contributed by atoms with Crippen molar-refractivity contribution < 1.29 is 4.79 Å². The largest absolute Gasteiger partial charge is 0.325 e. The average molecular weight is 218 g/mol. The molecule has 0 radical (unpaired) electrons. The third-order valence-corrected chi connectivity index (χ3v) is 3.11. The molecule has 2 amide bonds. The van der Waals surface area contributed by atoms with Crippen molar-refractivity contribution in [2.45, 2.75) is 26.7 Å². The minimum atomic E-state index is 0.0369. The second-order valence-corrected chi connectivity index (χ2v) is 4.39. The van der Waals surface area contributed by atoms with Crippen LogP contribution in [0.4, 0.5) is 10.5 Å². The number of rotatable bonds is 1. The lowest BCUT2D eigenvalue weighted by Gasteiger charge is -2.18. The molecular weight excluding hydrogens is 200 g/mol. The summed E-state index contributed by atoms with van der Waals surface area (Å²) in [5.74, 6) is 0. The molecule has 86 valence electrons. The summed E-state index contributed by atoms with van der Waals surface area (Å²) in [7, 11) is 0. The van der Waals surface area contributed by atoms with Gasteiger partial charge in [-0.2, -0.15) is 0 Å². The van der Waals surface area contributed by atoms with Gasteiger partial charge in [-0.1, -0.05) is 18.2 Å². The van der Waals surface area contributed by atoms with Crippen LogP contribution in [-0.2, 0) is 0 Å². The fourth-order valence-corrected chi connectivity index (χ4v) is 2.12. The number of carbonyl (C=O) groups is 1. The van der Waals surface area contributed by atoms with E-state index in [1.807, 2.05) is 36.9 Å². The second-order valence-electron chi connectivity index (χ2n) is 4.39. The van der Waals surface area contributed by atoms with Crippen LogP contribution in [0.2, 0.25) is 0 Å². The van der Waals surface area contributed by atoms with Gasteiger partial charge in [-0.05, 0) is 37.8 Å². The van der Waals surface area contributed by atoms with Gasteiger partial charge < -0.3 is 10.2 Å². The Bertz CT molecular complexity index is 375. The first-order chi connectivity index (χ1) is 7.68. The zero-order chi connectivity index (χ0) is 11.5. The van der Waals surface area contributed by atoms with E-state index in [9.17, 15) is 4.79 Å². The van der Waals surface area contributed by atoms with Crippen LogP contribution in [0.25, 0.3) is 0 Å². The Labute approximate surface area is 96.5 Å². The smallest absolute Gasteiger partial charge is 0.321 e. The predicted octanol–water partition coefficient (Wildman–Crippen LogP) is 2.93. The van der Waals surface area contributed by atoms with Gasteiger partial charge in [-0.3, -0.25) is 0 Å². The lowest BCUT2D eigenvalue weighted by molar-refractivity contribution is 0.222. The maximum atomic E-state index is 11.9. The zero-order valence-corrected chi connectivity index (χ0v) is 9.92. The van der Waals surface area contributed by atoms with Crippen molar-refractivity contribution in [3.05, 3.63) is 29.3 Å². The first-order valence-corrected chi connectivity index (χ1v) is 5.80. The maximum absolute atomic E-state index is 11.9. The summed E-state index contributed by atoms with van der Waals surface area (Å²) in [6.07, 6.45) is 2.25. The Kier molecular flexibility index (Phi) is 3.13. The van der Waals surface area contributed by atoms with Crippen LogP contribution in [0.1, 0.15) is 24.0 Å². The first-order valence-electron chi connectivity index (χ1n) is 5.80. The summed E-state index contributed by atoms with van der Waals surface area (Å²) in [5, 5.41) is 3.01. The molecule has 2 rings (SSSR count). The molecule has 1 aliphatic heterocycles. The molecule has 0 atom stereocenters. The van der Waals surface area contributed by atoms with Crippen LogP contribution in [0.3, 0.4) is 0 Å². The average Bonchev–Trinajstić information content (AvgIpc) is 2.76. The summed E-state index contributed by atoms with van der Waals surface area (Å²) in [4.78, 5) is 13.8. The normalized spacial score (nSPS) is 15.2. The highest BCUT2D eigenvalue weighted by atomic mass is 16.2. The summed E-state index contributed by atoms with van der Waals surface area (Å²) < 4.78 is 0. The molecule has 0 aliphatic carbocycles. The van der Waals surface area contributed by atoms with Gasteiger partial charge in [-0.25, -0.2) is 4.79 Å². The van der Waals surface area contributed by atoms with E-state index >= 15 is 0 Å². The number of para-hydroxylation sites is 1. The fraction of sp³-hybridized carbons (Fsp3) is 0.462. The molecule has 1 N–H and O–H groups in total. The Morgan fingerprint density at radius 2 is 1.75 bits per heavy atom. The van der Waals surface area contributed by atoms with Crippen molar-refractivity contribution in [3.8, 4) is 0 Å². The van der Waals surface area contributed by atoms with Gasteiger partial charge >= 0.3 is 6.03 Å². The number of hydrogen-bond donors (Lipinski definition) is 1. The lowest BCUT2D eigenvalue weighted by Crippen LogP contribution is -2.32. The molecule has 16 heavy (non-hydrogen) atoms. The number of hydrogen-bond acceptors (Lipinski definition) is 1. The predicted molar refractivity (Wildman–Crippen MR) is 65.7 cm³/mol. The van der Waals surface area contributed by atoms with Gasteiger partial charge in [0.1, 0.15) is 0 Å². The van der Waals surface area contributed by atoms with Gasteiger partial charge in [0.25, 0.3) is 0 Å². The highest BCUT2D eigenvalue weighted by molar-refractivity contribution is 5.91. The van der Waals surface area contributed by atoms with E-state index in [2.05, 4.69) is 5.32 Å². The van der Waals surface area contributed by atoms with Crippen molar-refractivity contribution >= 4 is 11.7 Å². The molecule has 0 unspecified atom stereocenters. The molecule has 0 aromatic heterocycles. The molecular formula is C13H18N2O. The molecule has 1 fully saturated rings. The van der Waals surface area contributed by atoms with Crippen LogP contribution in [0, 0.1) is 13.8 Å². The molecule has 0 saturated carbocycles. The Balaban J connectivity index is 2.11. The van der Waals surface area contributed by atoms with Gasteiger partial charge in [-0.15, -0.1) is 0 Å². The van der Waals surface area contributed by atoms with Gasteiger partial charge in [0, 0.05) is 18.8 Å². The Morgan fingerprint density at radius 3 is 2.31 bits per heavy atom. The van der Waals surface area contributed by atoms with E-state index in [0.717, 1.165) is 42.7 Å². The number of urea groups is 1. The molecule has 1 saturated heterocycles. The van der Waals surface area contributed by atoms with Crippen LogP contribution < -0.4 is 5.32 Å². The monoisotopic (exact) mass is 218 g/mol. The minimum absolute atomic E-state index is 0.0369. The van der Waals surface area contributed by atoms with Crippen molar-refractivity contribution in [2.24, 2.45) is 0 Å². The second kappa shape index (κ2) is 4.56. The van der Waals surface area contributed by atoms with Crippen LogP contribution >= 0.6 is 0 Å². The Hall–Kier alpha value is -1.51. The maximum Gasteiger partial charge on any atom is 0.321 e. The third kappa shape index (κ3) is 2.18. The first kappa shape index (κ1) is 11.0. The van der Waals surface area contributed by atoms with E-state index in [4.69, 9.17) is 0 Å². The van der Waals surface area contributed by atoms with Gasteiger partial charge in [0.2, 0.25) is 0 Å². The Morgan fingerprint density at radius 1 is 1.19 bits per heavy atom. The van der Waals surface area contributed by atoms with E-state index in [-0.39, 0.29) is 6.03 Å². The summed E-state index contributed by atoms with van der Waals surface area (Å²) in [5.41, 5.74) is 3.19. The molecule has 0 bridgehead atoms. The molecule has 1 aliphatic rings. The SMILES string of the molecule is Cc1cccc(C)c1NC(=O)N1CCCC1. The zero-order valence-electron chi connectivity index (χ0n) is 9.92. The number of nitrogens with zero attached hydrogens (tertiary/aromatic N) is 1. The van der Waals surface area contributed by atoms with E-state index in [1.165, 1.54) is 0 Å². The van der Waals surface area contributed by atoms with Crippen molar-refractivity contribution in [2.75, 3.05) is 18.4 Å². The molecule has 1 heterocycles. The van der Waals surface area contributed by atoms with Crippen molar-refractivity contribution in [1.29, 1.82) is 0 Å². The van der Waals surface area contributed by atoms with Crippen molar-refractivity contribution in [1.82, 2.24) is 4.90 Å². The van der Waals surface area contributed by atoms with Crippen LogP contribution in [0.15, 0.2) is 18.2 Å². The fourth-order valence-electron chi connectivity index (χ4n) is 2.12. The highest BCUT2D eigenvalue weighted by Crippen LogP contribution is 2.20. The summed E-state index contributed by atoms with van der Waals surface area (Å²) in [6, 6.07) is 6.09. The summed E-state index contributed by atoms with van der Waals surface area (Å²) in [6.45, 7) is 5.81. The van der Waals surface area contributed by atoms with Crippen molar-refractivity contribution in [3.63, 3.8) is 0 Å². The number of nitrogens with one attached hydrogen (secondary N) is 1. The topological polar surface area (TPSA) is 32.3 Å². The van der Waals surface area contributed by atoms with E-state index in [0.29, 0.717) is 0 Å². The van der Waals surface area contributed by atoms with Crippen LogP contribution in [-0.4, -0.2) is 24.0 Å². The lowest BCUT2D eigenvalue weighted by atomic mass is 10.1. The standard InChI is InChI=1S/C13H18N2O/c1-10-6-5-7-11(2)12(10)14-13(16)15-8-3-4-9-15/h5-7H,3-4,8-9H2,1-2H3,(H,14,16). The number of benzene rings is 1. The molecule has 3 nitrogen and oxygen atoms in total. The number of anilines is 1. The van der Waals surface area contributed by atoms with Gasteiger partial charge in [0.15, 0.2) is 0 Å². The van der Waals surface area contributed by atoms with Gasteiger partial charge in [0.05, 0.1) is 0 Å². The molecule has 1 aromatic rings. The minimum Gasteiger partial charge on any atom is -0.325 e. The highest BCUT2D eigenvalue weighted by Gasteiger charge is 2.18. The van der Waals surface area contributed by atoms with Crippen LogP contribution in [0.5, 0.6) is 0 Å². The summed E-state index contributed by atoms with van der Waals surface area (Å²) >= 11 is 0. The molecule has 0 spiro atoms. The number of aryl methyl sites for hydroxylation is 2. The number of amides is 2. The number of carbonyl (C=O) groups excluding carboxylic acids is 1. The quantitative estimate of drug-likeness (QED) is 0.772. The van der Waals surface area contributed by atoms with E-state index < -0.39 is 0 Å². The van der Waals surface area contributed by atoms with E-state index in [1.54, 1.807) is 0 Å². The number of likely N-dealkylation sites (tertiary alicyclic amines) is 1. The molecule has 3 heteroatoms. The third-order valence-electron chi connectivity index (χ3n) is 3.11. The molecule has 1 aromatic carbocycles.